The van der Waals surface area contributed by atoms with E-state index in [0.717, 1.165) is 14.5 Å². The van der Waals surface area contributed by atoms with E-state index in [9.17, 15) is 8.42 Å². The molecule has 5 nitrogen and oxygen atoms in total. The van der Waals surface area contributed by atoms with Crippen LogP contribution in [0.1, 0.15) is 11.1 Å². The molecule has 0 aromatic heterocycles. The SMILES string of the molecule is O=S(=O)(NN=Cc1cc(Br)ccc1OCc1cccc(Br)c1)c1ccc(Cl)cc1. The van der Waals surface area contributed by atoms with Gasteiger partial charge in [-0.05, 0) is 60.2 Å². The molecule has 0 saturated carbocycles. The first-order chi connectivity index (χ1) is 13.8. The zero-order valence-corrected chi connectivity index (χ0v) is 19.6. The fourth-order valence-corrected chi connectivity index (χ4v) is 4.11. The van der Waals surface area contributed by atoms with Crippen LogP contribution in [0.25, 0.3) is 0 Å². The molecule has 1 N–H and O–H groups in total. The summed E-state index contributed by atoms with van der Waals surface area (Å²) in [5, 5.41) is 4.33. The highest BCUT2D eigenvalue weighted by atomic mass is 79.9. The molecule has 29 heavy (non-hydrogen) atoms. The van der Waals surface area contributed by atoms with Crippen molar-refractivity contribution < 1.29 is 13.2 Å². The van der Waals surface area contributed by atoms with Crippen molar-refractivity contribution in [2.75, 3.05) is 0 Å². The Hall–Kier alpha value is -1.87. The standard InChI is InChI=1S/C20H15Br2ClN2O3S/c21-16-3-1-2-14(10-16)13-28-20-9-4-17(22)11-15(20)12-24-25-29(26,27)19-7-5-18(23)6-8-19/h1-12,25H,13H2. The van der Waals surface area contributed by atoms with E-state index in [1.165, 1.54) is 30.5 Å². The minimum absolute atomic E-state index is 0.0689. The van der Waals surface area contributed by atoms with Crippen LogP contribution in [0.15, 0.2) is 85.7 Å². The fourth-order valence-electron chi connectivity index (χ4n) is 2.37. The molecule has 0 aliphatic carbocycles. The summed E-state index contributed by atoms with van der Waals surface area (Å²) in [5.74, 6) is 0.572. The van der Waals surface area contributed by atoms with E-state index in [1.807, 2.05) is 30.3 Å². The Kier molecular flexibility index (Phi) is 7.34. The second-order valence-electron chi connectivity index (χ2n) is 5.91. The molecule has 3 aromatic carbocycles. The van der Waals surface area contributed by atoms with Gasteiger partial charge in [0.25, 0.3) is 10.0 Å². The van der Waals surface area contributed by atoms with Crippen molar-refractivity contribution in [3.63, 3.8) is 0 Å². The van der Waals surface area contributed by atoms with Crippen molar-refractivity contribution in [3.8, 4) is 5.75 Å². The number of rotatable bonds is 7. The van der Waals surface area contributed by atoms with Gasteiger partial charge in [-0.1, -0.05) is 55.6 Å². The average Bonchev–Trinajstić information content (AvgIpc) is 2.68. The molecule has 0 heterocycles. The summed E-state index contributed by atoms with van der Waals surface area (Å²) in [7, 11) is -3.79. The molecule has 0 saturated heterocycles. The van der Waals surface area contributed by atoms with E-state index >= 15 is 0 Å². The van der Waals surface area contributed by atoms with Crippen molar-refractivity contribution in [2.24, 2.45) is 5.10 Å². The van der Waals surface area contributed by atoms with E-state index in [4.69, 9.17) is 16.3 Å². The molecule has 0 bridgehead atoms. The molecule has 0 amide bonds. The van der Waals surface area contributed by atoms with Crippen LogP contribution in [-0.4, -0.2) is 14.6 Å². The Labute approximate surface area is 191 Å². The normalized spacial score (nSPS) is 11.6. The summed E-state index contributed by atoms with van der Waals surface area (Å²) >= 11 is 12.6. The summed E-state index contributed by atoms with van der Waals surface area (Å²) in [4.78, 5) is 2.26. The van der Waals surface area contributed by atoms with Crippen molar-refractivity contribution in [1.29, 1.82) is 0 Å². The molecule has 0 aliphatic rings. The van der Waals surface area contributed by atoms with Gasteiger partial charge in [-0.2, -0.15) is 13.5 Å². The highest BCUT2D eigenvalue weighted by Crippen LogP contribution is 2.23. The molecule has 150 valence electrons. The molecule has 0 spiro atoms. The average molecular weight is 559 g/mol. The summed E-state index contributed by atoms with van der Waals surface area (Å²) in [6, 6.07) is 19.0. The molecule has 0 atom stereocenters. The molecule has 0 radical (unpaired) electrons. The van der Waals surface area contributed by atoms with Gasteiger partial charge in [0, 0.05) is 19.5 Å². The summed E-state index contributed by atoms with van der Waals surface area (Å²) in [6.07, 6.45) is 1.40. The summed E-state index contributed by atoms with van der Waals surface area (Å²) in [5.41, 5.74) is 1.61. The Balaban J connectivity index is 1.74. The van der Waals surface area contributed by atoms with Gasteiger partial charge in [0.2, 0.25) is 0 Å². The minimum Gasteiger partial charge on any atom is -0.488 e. The van der Waals surface area contributed by atoms with Crippen LogP contribution < -0.4 is 9.57 Å². The first-order valence-corrected chi connectivity index (χ1v) is 11.8. The van der Waals surface area contributed by atoms with Crippen molar-refractivity contribution in [3.05, 3.63) is 91.8 Å². The van der Waals surface area contributed by atoms with Gasteiger partial charge in [0.1, 0.15) is 12.4 Å². The van der Waals surface area contributed by atoms with E-state index in [1.54, 1.807) is 12.1 Å². The maximum Gasteiger partial charge on any atom is 0.276 e. The lowest BCUT2D eigenvalue weighted by molar-refractivity contribution is 0.305. The number of nitrogens with one attached hydrogen (secondary N) is 1. The number of ether oxygens (including phenoxy) is 1. The molecule has 0 aliphatic heterocycles. The smallest absolute Gasteiger partial charge is 0.276 e. The number of hydrogen-bond acceptors (Lipinski definition) is 4. The quantitative estimate of drug-likeness (QED) is 0.296. The van der Waals surface area contributed by atoms with E-state index < -0.39 is 10.0 Å². The maximum absolute atomic E-state index is 12.3. The van der Waals surface area contributed by atoms with Crippen LogP contribution in [0.4, 0.5) is 0 Å². The van der Waals surface area contributed by atoms with Crippen LogP contribution in [0.5, 0.6) is 5.75 Å². The van der Waals surface area contributed by atoms with Gasteiger partial charge in [-0.3, -0.25) is 0 Å². The second-order valence-corrected chi connectivity index (χ2v) is 9.84. The molecule has 9 heteroatoms. The van der Waals surface area contributed by atoms with Crippen LogP contribution in [-0.2, 0) is 16.6 Å². The molecular weight excluding hydrogens is 544 g/mol. The number of hydrazone groups is 1. The Morgan fingerprint density at radius 3 is 2.45 bits per heavy atom. The Morgan fingerprint density at radius 2 is 1.72 bits per heavy atom. The van der Waals surface area contributed by atoms with Gasteiger partial charge in [-0.15, -0.1) is 0 Å². The van der Waals surface area contributed by atoms with Crippen molar-refractivity contribution in [1.82, 2.24) is 4.83 Å². The maximum atomic E-state index is 12.3. The van der Waals surface area contributed by atoms with Gasteiger partial charge < -0.3 is 4.74 Å². The summed E-state index contributed by atoms with van der Waals surface area (Å²) in [6.45, 7) is 0.360. The molecule has 0 fully saturated rings. The van der Waals surface area contributed by atoms with Crippen molar-refractivity contribution >= 4 is 59.7 Å². The highest BCUT2D eigenvalue weighted by molar-refractivity contribution is 9.10. The third-order valence-electron chi connectivity index (χ3n) is 3.76. The highest BCUT2D eigenvalue weighted by Gasteiger charge is 2.12. The summed E-state index contributed by atoms with van der Waals surface area (Å²) < 4.78 is 32.3. The lowest BCUT2D eigenvalue weighted by Crippen LogP contribution is -2.18. The minimum atomic E-state index is -3.79. The van der Waals surface area contributed by atoms with Gasteiger partial charge in [0.15, 0.2) is 0 Å². The van der Waals surface area contributed by atoms with Crippen LogP contribution >= 0.6 is 43.5 Å². The number of benzene rings is 3. The third-order valence-corrected chi connectivity index (χ3v) is 6.23. The topological polar surface area (TPSA) is 67.8 Å². The van der Waals surface area contributed by atoms with E-state index in [2.05, 4.69) is 41.8 Å². The van der Waals surface area contributed by atoms with E-state index in [-0.39, 0.29) is 4.90 Å². The predicted octanol–water partition coefficient (Wildman–Crippen LogP) is 5.76. The number of sulfonamides is 1. The van der Waals surface area contributed by atoms with Crippen LogP contribution in [0.3, 0.4) is 0 Å². The van der Waals surface area contributed by atoms with E-state index in [0.29, 0.717) is 22.9 Å². The molecular formula is C20H15Br2ClN2O3S. The van der Waals surface area contributed by atoms with Crippen molar-refractivity contribution in [2.45, 2.75) is 11.5 Å². The molecule has 0 unspecified atom stereocenters. The lowest BCUT2D eigenvalue weighted by Gasteiger charge is -2.10. The molecule has 3 rings (SSSR count). The van der Waals surface area contributed by atoms with Gasteiger partial charge >= 0.3 is 0 Å². The Bertz CT molecular complexity index is 1140. The zero-order valence-electron chi connectivity index (χ0n) is 14.8. The number of hydrogen-bond donors (Lipinski definition) is 1. The zero-order chi connectivity index (χ0) is 20.9. The lowest BCUT2D eigenvalue weighted by atomic mass is 10.2. The van der Waals surface area contributed by atoms with Crippen LogP contribution in [0.2, 0.25) is 5.02 Å². The number of halogens is 3. The third kappa shape index (κ3) is 6.30. The first kappa shape index (κ1) is 21.8. The largest absolute Gasteiger partial charge is 0.488 e. The Morgan fingerprint density at radius 1 is 1.00 bits per heavy atom. The fraction of sp³-hybridized carbons (Fsp3) is 0.0500. The molecule has 3 aromatic rings. The monoisotopic (exact) mass is 556 g/mol. The van der Waals surface area contributed by atoms with Gasteiger partial charge in [-0.25, -0.2) is 4.83 Å². The number of nitrogens with zero attached hydrogens (tertiary/aromatic N) is 1. The second kappa shape index (κ2) is 9.75. The van der Waals surface area contributed by atoms with Gasteiger partial charge in [0.05, 0.1) is 11.1 Å². The first-order valence-electron chi connectivity index (χ1n) is 8.31. The predicted molar refractivity (Wildman–Crippen MR) is 122 cm³/mol. The van der Waals surface area contributed by atoms with Crippen LogP contribution in [0, 0.1) is 0 Å².